The largest absolute Gasteiger partial charge is 0.457 e. The lowest BCUT2D eigenvalue weighted by atomic mass is 10.2. The number of anilines is 1. The maximum atomic E-state index is 12.6. The molecule has 3 amide bonds. The van der Waals surface area contributed by atoms with Crippen molar-refractivity contribution in [3.05, 3.63) is 54.6 Å². The van der Waals surface area contributed by atoms with E-state index in [0.717, 1.165) is 12.2 Å². The van der Waals surface area contributed by atoms with E-state index in [1.54, 1.807) is 11.0 Å². The number of piperazine rings is 1. The molecule has 30 heavy (non-hydrogen) atoms. The van der Waals surface area contributed by atoms with E-state index in [1.165, 1.54) is 0 Å². The molecular weight excluding hydrogens is 380 g/mol. The summed E-state index contributed by atoms with van der Waals surface area (Å²) in [7, 11) is 0. The zero-order valence-electron chi connectivity index (χ0n) is 17.6. The smallest absolute Gasteiger partial charge is 0.321 e. The second-order valence-electron chi connectivity index (χ2n) is 7.51. The lowest BCUT2D eigenvalue weighted by Crippen LogP contribution is -2.52. The lowest BCUT2D eigenvalue weighted by Gasteiger charge is -2.34. The molecule has 160 valence electrons. The Balaban J connectivity index is 1.47. The number of urea groups is 1. The summed E-state index contributed by atoms with van der Waals surface area (Å²) in [4.78, 5) is 28.5. The fourth-order valence-electron chi connectivity index (χ4n) is 3.20. The molecule has 0 aromatic heterocycles. The van der Waals surface area contributed by atoms with Crippen molar-refractivity contribution in [3.63, 3.8) is 0 Å². The van der Waals surface area contributed by atoms with Crippen molar-refractivity contribution in [2.24, 2.45) is 0 Å². The van der Waals surface area contributed by atoms with E-state index in [-0.39, 0.29) is 18.0 Å². The number of rotatable bonds is 7. The molecule has 1 aliphatic rings. The van der Waals surface area contributed by atoms with Crippen LogP contribution in [0.25, 0.3) is 0 Å². The van der Waals surface area contributed by atoms with Gasteiger partial charge in [0.2, 0.25) is 5.91 Å². The van der Waals surface area contributed by atoms with Gasteiger partial charge in [0, 0.05) is 44.0 Å². The van der Waals surface area contributed by atoms with Gasteiger partial charge in [-0.2, -0.15) is 0 Å². The molecule has 1 unspecified atom stereocenters. The number of para-hydroxylation sites is 1. The van der Waals surface area contributed by atoms with Crippen LogP contribution in [0.3, 0.4) is 0 Å². The van der Waals surface area contributed by atoms with Gasteiger partial charge in [0.1, 0.15) is 11.5 Å². The number of carbonyl (C=O) groups is 2. The van der Waals surface area contributed by atoms with E-state index in [2.05, 4.69) is 15.5 Å². The zero-order chi connectivity index (χ0) is 21.3. The number of ether oxygens (including phenoxy) is 1. The first-order valence-electron chi connectivity index (χ1n) is 10.4. The molecule has 1 aliphatic heterocycles. The van der Waals surface area contributed by atoms with Crippen LogP contribution in [0.5, 0.6) is 11.5 Å². The van der Waals surface area contributed by atoms with Crippen LogP contribution < -0.4 is 15.4 Å². The average Bonchev–Trinajstić information content (AvgIpc) is 2.75. The summed E-state index contributed by atoms with van der Waals surface area (Å²) in [6, 6.07) is 16.9. The Labute approximate surface area is 178 Å². The lowest BCUT2D eigenvalue weighted by molar-refractivity contribution is -0.123. The highest BCUT2D eigenvalue weighted by atomic mass is 16.5. The van der Waals surface area contributed by atoms with Gasteiger partial charge in [-0.25, -0.2) is 4.79 Å². The highest BCUT2D eigenvalue weighted by molar-refractivity contribution is 5.89. The van der Waals surface area contributed by atoms with E-state index >= 15 is 0 Å². The molecule has 0 radical (unpaired) electrons. The summed E-state index contributed by atoms with van der Waals surface area (Å²) in [5, 5.41) is 5.92. The SMILES string of the molecule is CCC(C)NC(=O)CN1CCN(C(=O)Nc2cccc(Oc3ccccc3)c2)CC1. The number of nitrogens with one attached hydrogen (secondary N) is 2. The van der Waals surface area contributed by atoms with Gasteiger partial charge < -0.3 is 20.3 Å². The van der Waals surface area contributed by atoms with Crippen molar-refractivity contribution in [3.8, 4) is 11.5 Å². The van der Waals surface area contributed by atoms with E-state index in [9.17, 15) is 9.59 Å². The first-order chi connectivity index (χ1) is 14.5. The van der Waals surface area contributed by atoms with Gasteiger partial charge in [0.05, 0.1) is 6.54 Å². The Bertz CT molecular complexity index is 835. The average molecular weight is 411 g/mol. The van der Waals surface area contributed by atoms with Crippen LogP contribution in [-0.4, -0.2) is 60.5 Å². The summed E-state index contributed by atoms with van der Waals surface area (Å²) in [5.74, 6) is 1.45. The van der Waals surface area contributed by atoms with Crippen molar-refractivity contribution >= 4 is 17.6 Å². The minimum atomic E-state index is -0.143. The van der Waals surface area contributed by atoms with Crippen LogP contribution >= 0.6 is 0 Å². The maximum Gasteiger partial charge on any atom is 0.321 e. The summed E-state index contributed by atoms with van der Waals surface area (Å²) >= 11 is 0. The minimum Gasteiger partial charge on any atom is -0.457 e. The summed E-state index contributed by atoms with van der Waals surface area (Å²) < 4.78 is 5.82. The minimum absolute atomic E-state index is 0.0393. The standard InChI is InChI=1S/C23H30N4O3/c1-3-18(2)24-22(28)17-26-12-14-27(15-13-26)23(29)25-19-8-7-11-21(16-19)30-20-9-5-4-6-10-20/h4-11,16,18H,3,12-15,17H2,1-2H3,(H,24,28)(H,25,29). The molecule has 2 N–H and O–H groups in total. The van der Waals surface area contributed by atoms with Gasteiger partial charge in [-0.15, -0.1) is 0 Å². The van der Waals surface area contributed by atoms with E-state index in [4.69, 9.17) is 4.74 Å². The van der Waals surface area contributed by atoms with Crippen LogP contribution in [0.4, 0.5) is 10.5 Å². The maximum absolute atomic E-state index is 12.6. The zero-order valence-corrected chi connectivity index (χ0v) is 17.6. The van der Waals surface area contributed by atoms with E-state index < -0.39 is 0 Å². The monoisotopic (exact) mass is 410 g/mol. The third kappa shape index (κ3) is 6.49. The van der Waals surface area contributed by atoms with Crippen LogP contribution in [0, 0.1) is 0 Å². The highest BCUT2D eigenvalue weighted by Gasteiger charge is 2.22. The second kappa shape index (κ2) is 10.6. The molecule has 1 fully saturated rings. The molecule has 1 atom stereocenters. The molecule has 0 aliphatic carbocycles. The van der Waals surface area contributed by atoms with Crippen LogP contribution in [0.2, 0.25) is 0 Å². The number of hydrogen-bond acceptors (Lipinski definition) is 4. The molecule has 7 heteroatoms. The molecule has 3 rings (SSSR count). The molecular formula is C23H30N4O3. The normalized spacial score (nSPS) is 15.3. The van der Waals surface area contributed by atoms with Crippen molar-refractivity contribution in [1.82, 2.24) is 15.1 Å². The van der Waals surface area contributed by atoms with Crippen LogP contribution in [-0.2, 0) is 4.79 Å². The quantitative estimate of drug-likeness (QED) is 0.732. The summed E-state index contributed by atoms with van der Waals surface area (Å²) in [5.41, 5.74) is 0.684. The van der Waals surface area contributed by atoms with E-state index in [0.29, 0.717) is 44.2 Å². The fraction of sp³-hybridized carbons (Fsp3) is 0.391. The summed E-state index contributed by atoms with van der Waals surface area (Å²) in [6.45, 7) is 6.95. The van der Waals surface area contributed by atoms with Crippen molar-refractivity contribution in [1.29, 1.82) is 0 Å². The highest BCUT2D eigenvalue weighted by Crippen LogP contribution is 2.24. The third-order valence-electron chi connectivity index (χ3n) is 5.11. The number of nitrogens with zero attached hydrogens (tertiary/aromatic N) is 2. The Morgan fingerprint density at radius 1 is 1.00 bits per heavy atom. The predicted octanol–water partition coefficient (Wildman–Crippen LogP) is 3.54. The predicted molar refractivity (Wildman–Crippen MR) is 118 cm³/mol. The number of carbonyl (C=O) groups excluding carboxylic acids is 2. The van der Waals surface area contributed by atoms with Crippen LogP contribution in [0.1, 0.15) is 20.3 Å². The Morgan fingerprint density at radius 3 is 2.40 bits per heavy atom. The molecule has 0 bridgehead atoms. The molecule has 1 saturated heterocycles. The van der Waals surface area contributed by atoms with Gasteiger partial charge in [-0.05, 0) is 37.6 Å². The first kappa shape index (κ1) is 21.6. The van der Waals surface area contributed by atoms with Gasteiger partial charge in [-0.3, -0.25) is 9.69 Å². The molecule has 0 spiro atoms. The van der Waals surface area contributed by atoms with Gasteiger partial charge in [0.15, 0.2) is 0 Å². The molecule has 1 heterocycles. The topological polar surface area (TPSA) is 73.9 Å². The second-order valence-corrected chi connectivity index (χ2v) is 7.51. The van der Waals surface area contributed by atoms with Crippen LogP contribution in [0.15, 0.2) is 54.6 Å². The Kier molecular flexibility index (Phi) is 7.68. The van der Waals surface area contributed by atoms with E-state index in [1.807, 2.05) is 62.4 Å². The molecule has 7 nitrogen and oxygen atoms in total. The Hall–Kier alpha value is -3.06. The number of hydrogen-bond donors (Lipinski definition) is 2. The fourth-order valence-corrected chi connectivity index (χ4v) is 3.20. The third-order valence-corrected chi connectivity index (χ3v) is 5.11. The van der Waals surface area contributed by atoms with Gasteiger partial charge in [0.25, 0.3) is 0 Å². The number of benzene rings is 2. The first-order valence-corrected chi connectivity index (χ1v) is 10.4. The molecule has 2 aromatic rings. The van der Waals surface area contributed by atoms with Gasteiger partial charge in [-0.1, -0.05) is 31.2 Å². The molecule has 2 aromatic carbocycles. The number of amides is 3. The molecule has 0 saturated carbocycles. The van der Waals surface area contributed by atoms with Gasteiger partial charge >= 0.3 is 6.03 Å². The Morgan fingerprint density at radius 2 is 1.70 bits per heavy atom. The van der Waals surface area contributed by atoms with Crippen molar-refractivity contribution in [2.75, 3.05) is 38.0 Å². The summed E-state index contributed by atoms with van der Waals surface area (Å²) in [6.07, 6.45) is 0.914. The van der Waals surface area contributed by atoms with Crippen molar-refractivity contribution in [2.45, 2.75) is 26.3 Å². The van der Waals surface area contributed by atoms with Crippen molar-refractivity contribution < 1.29 is 14.3 Å².